The maximum atomic E-state index is 5.22. The van der Waals surface area contributed by atoms with E-state index < -0.39 is 0 Å². The minimum atomic E-state index is 0.703. The Morgan fingerprint density at radius 1 is 1.50 bits per heavy atom. The largest absolute Gasteiger partial charge is 0.308 e. The fourth-order valence-corrected chi connectivity index (χ4v) is 0.972. The number of nitrogen functional groups attached to an aromatic ring is 1. The SMILES string of the molecule is CN(C)Cc1cccc(NN)n1. The molecule has 0 aliphatic carbocycles. The molecule has 1 aromatic rings. The Morgan fingerprint density at radius 3 is 2.83 bits per heavy atom. The summed E-state index contributed by atoms with van der Waals surface area (Å²) in [5, 5.41) is 0. The molecule has 0 bridgehead atoms. The average molecular weight is 166 g/mol. The predicted octanol–water partition coefficient (Wildman–Crippen LogP) is 0.429. The lowest BCUT2D eigenvalue weighted by Crippen LogP contribution is -2.14. The number of nitrogens with one attached hydrogen (secondary N) is 1. The van der Waals surface area contributed by atoms with Crippen molar-refractivity contribution >= 4 is 5.82 Å². The number of anilines is 1. The lowest BCUT2D eigenvalue weighted by molar-refractivity contribution is 0.397. The van der Waals surface area contributed by atoms with E-state index in [1.807, 2.05) is 32.3 Å². The van der Waals surface area contributed by atoms with Gasteiger partial charge in [-0.05, 0) is 26.2 Å². The lowest BCUT2D eigenvalue weighted by Gasteiger charge is -2.09. The van der Waals surface area contributed by atoms with Gasteiger partial charge in [-0.2, -0.15) is 0 Å². The Hall–Kier alpha value is -1.13. The highest BCUT2D eigenvalue weighted by molar-refractivity contribution is 5.33. The van der Waals surface area contributed by atoms with Crippen LogP contribution in [0.5, 0.6) is 0 Å². The molecule has 0 atom stereocenters. The van der Waals surface area contributed by atoms with Crippen LogP contribution in [0.3, 0.4) is 0 Å². The number of aromatic nitrogens is 1. The van der Waals surface area contributed by atoms with Gasteiger partial charge < -0.3 is 10.3 Å². The van der Waals surface area contributed by atoms with Crippen LogP contribution >= 0.6 is 0 Å². The van der Waals surface area contributed by atoms with Crippen molar-refractivity contribution in [1.29, 1.82) is 0 Å². The average Bonchev–Trinajstić information content (AvgIpc) is 2.03. The second kappa shape index (κ2) is 4.04. The zero-order chi connectivity index (χ0) is 8.97. The monoisotopic (exact) mass is 166 g/mol. The lowest BCUT2D eigenvalue weighted by atomic mass is 10.3. The number of rotatable bonds is 3. The van der Waals surface area contributed by atoms with Crippen molar-refractivity contribution in [3.8, 4) is 0 Å². The molecule has 0 unspecified atom stereocenters. The molecular formula is C8H14N4. The molecule has 0 saturated heterocycles. The summed E-state index contributed by atoms with van der Waals surface area (Å²) in [6.45, 7) is 0.829. The van der Waals surface area contributed by atoms with Crippen LogP contribution in [0, 0.1) is 0 Å². The summed E-state index contributed by atoms with van der Waals surface area (Å²) in [5.41, 5.74) is 3.52. The normalized spacial score (nSPS) is 10.3. The van der Waals surface area contributed by atoms with Gasteiger partial charge in [0.05, 0.1) is 5.69 Å². The van der Waals surface area contributed by atoms with Gasteiger partial charge in [0.15, 0.2) is 0 Å². The van der Waals surface area contributed by atoms with E-state index in [2.05, 4.69) is 15.3 Å². The molecule has 0 amide bonds. The topological polar surface area (TPSA) is 54.2 Å². The van der Waals surface area contributed by atoms with Crippen molar-refractivity contribution in [3.05, 3.63) is 23.9 Å². The fourth-order valence-electron chi connectivity index (χ4n) is 0.972. The first kappa shape index (κ1) is 8.96. The molecule has 12 heavy (non-hydrogen) atoms. The molecular weight excluding hydrogens is 152 g/mol. The summed E-state index contributed by atoms with van der Waals surface area (Å²) >= 11 is 0. The molecule has 0 saturated carbocycles. The van der Waals surface area contributed by atoms with Gasteiger partial charge in [-0.3, -0.25) is 0 Å². The molecule has 1 aromatic heterocycles. The number of hydrogen-bond donors (Lipinski definition) is 2. The molecule has 1 heterocycles. The van der Waals surface area contributed by atoms with Gasteiger partial charge in [-0.15, -0.1) is 0 Å². The van der Waals surface area contributed by atoms with Crippen molar-refractivity contribution < 1.29 is 0 Å². The Kier molecular flexibility index (Phi) is 3.01. The fraction of sp³-hybridized carbons (Fsp3) is 0.375. The molecule has 0 fully saturated rings. The van der Waals surface area contributed by atoms with Gasteiger partial charge in [0, 0.05) is 6.54 Å². The van der Waals surface area contributed by atoms with E-state index >= 15 is 0 Å². The van der Waals surface area contributed by atoms with Crippen LogP contribution < -0.4 is 11.3 Å². The molecule has 0 radical (unpaired) electrons. The van der Waals surface area contributed by atoms with E-state index in [1.54, 1.807) is 0 Å². The summed E-state index contributed by atoms with van der Waals surface area (Å²) in [6.07, 6.45) is 0. The highest BCUT2D eigenvalue weighted by Gasteiger charge is 1.96. The predicted molar refractivity (Wildman–Crippen MR) is 49.4 cm³/mol. The number of hydrazine groups is 1. The molecule has 4 heteroatoms. The van der Waals surface area contributed by atoms with E-state index in [-0.39, 0.29) is 0 Å². The summed E-state index contributed by atoms with van der Waals surface area (Å²) in [5.74, 6) is 5.93. The molecule has 0 aromatic carbocycles. The molecule has 4 nitrogen and oxygen atoms in total. The first-order chi connectivity index (χ1) is 5.72. The third-order valence-electron chi connectivity index (χ3n) is 1.43. The summed E-state index contributed by atoms with van der Waals surface area (Å²) in [7, 11) is 4.01. The van der Waals surface area contributed by atoms with Gasteiger partial charge in [-0.1, -0.05) is 6.07 Å². The van der Waals surface area contributed by atoms with Gasteiger partial charge in [0.2, 0.25) is 0 Å². The van der Waals surface area contributed by atoms with Crippen LogP contribution in [0.15, 0.2) is 18.2 Å². The van der Waals surface area contributed by atoms with Crippen LogP contribution in [-0.2, 0) is 6.54 Å². The molecule has 66 valence electrons. The first-order valence-corrected chi connectivity index (χ1v) is 3.79. The van der Waals surface area contributed by atoms with Crippen molar-refractivity contribution in [2.24, 2.45) is 5.84 Å². The van der Waals surface area contributed by atoms with Crippen molar-refractivity contribution in [1.82, 2.24) is 9.88 Å². The molecule has 1 rings (SSSR count). The van der Waals surface area contributed by atoms with E-state index in [0.717, 1.165) is 12.2 Å². The van der Waals surface area contributed by atoms with Crippen LogP contribution in [0.25, 0.3) is 0 Å². The third-order valence-corrected chi connectivity index (χ3v) is 1.43. The van der Waals surface area contributed by atoms with Crippen LogP contribution in [0.2, 0.25) is 0 Å². The zero-order valence-corrected chi connectivity index (χ0v) is 7.41. The van der Waals surface area contributed by atoms with E-state index in [9.17, 15) is 0 Å². The molecule has 0 aliphatic heterocycles. The smallest absolute Gasteiger partial charge is 0.140 e. The maximum absolute atomic E-state index is 5.22. The standard InChI is InChI=1S/C8H14N4/c1-12(2)6-7-4-3-5-8(10-7)11-9/h3-5H,6,9H2,1-2H3,(H,10,11). The molecule has 0 aliphatic rings. The Morgan fingerprint density at radius 2 is 2.25 bits per heavy atom. The zero-order valence-electron chi connectivity index (χ0n) is 7.41. The first-order valence-electron chi connectivity index (χ1n) is 3.79. The van der Waals surface area contributed by atoms with Crippen molar-refractivity contribution in [3.63, 3.8) is 0 Å². The van der Waals surface area contributed by atoms with Crippen LogP contribution in [0.1, 0.15) is 5.69 Å². The van der Waals surface area contributed by atoms with E-state index in [4.69, 9.17) is 5.84 Å². The highest BCUT2D eigenvalue weighted by Crippen LogP contribution is 2.03. The minimum absolute atomic E-state index is 0.703. The van der Waals surface area contributed by atoms with E-state index in [0.29, 0.717) is 5.82 Å². The summed E-state index contributed by atoms with van der Waals surface area (Å²) in [4.78, 5) is 6.31. The molecule has 0 spiro atoms. The number of hydrogen-bond acceptors (Lipinski definition) is 4. The Labute approximate surface area is 72.4 Å². The van der Waals surface area contributed by atoms with Gasteiger partial charge in [0.25, 0.3) is 0 Å². The molecule has 3 N–H and O–H groups in total. The third kappa shape index (κ3) is 2.48. The Bertz CT molecular complexity index is 247. The van der Waals surface area contributed by atoms with Crippen LogP contribution in [-0.4, -0.2) is 24.0 Å². The number of nitrogens with zero attached hydrogens (tertiary/aromatic N) is 2. The number of nitrogens with two attached hydrogens (primary N) is 1. The van der Waals surface area contributed by atoms with E-state index in [1.165, 1.54) is 0 Å². The van der Waals surface area contributed by atoms with Gasteiger partial charge in [-0.25, -0.2) is 10.8 Å². The van der Waals surface area contributed by atoms with Crippen LogP contribution in [0.4, 0.5) is 5.82 Å². The maximum Gasteiger partial charge on any atom is 0.140 e. The highest BCUT2D eigenvalue weighted by atomic mass is 15.2. The summed E-state index contributed by atoms with van der Waals surface area (Å²) in [6, 6.07) is 5.74. The second-order valence-corrected chi connectivity index (χ2v) is 2.90. The van der Waals surface area contributed by atoms with Crippen molar-refractivity contribution in [2.45, 2.75) is 6.54 Å². The summed E-state index contributed by atoms with van der Waals surface area (Å²) < 4.78 is 0. The minimum Gasteiger partial charge on any atom is -0.308 e. The Balaban J connectivity index is 2.72. The van der Waals surface area contributed by atoms with Gasteiger partial charge in [0.1, 0.15) is 5.82 Å². The van der Waals surface area contributed by atoms with Crippen molar-refractivity contribution in [2.75, 3.05) is 19.5 Å². The quantitative estimate of drug-likeness (QED) is 0.505. The van der Waals surface area contributed by atoms with Gasteiger partial charge >= 0.3 is 0 Å². The second-order valence-electron chi connectivity index (χ2n) is 2.90. The number of pyridine rings is 1.